The molecule has 1 aromatic rings. The number of nitrogens with zero attached hydrogens (tertiary/aromatic N) is 4. The Morgan fingerprint density at radius 3 is 2.81 bits per heavy atom. The van der Waals surface area contributed by atoms with Gasteiger partial charge in [-0.25, -0.2) is 18.1 Å². The summed E-state index contributed by atoms with van der Waals surface area (Å²) in [5.41, 5.74) is 2.47. The maximum atomic E-state index is 12.1. The van der Waals surface area contributed by atoms with Crippen LogP contribution in [0.2, 0.25) is 0 Å². The third-order valence-corrected chi connectivity index (χ3v) is 5.64. The van der Waals surface area contributed by atoms with E-state index in [1.807, 2.05) is 17.8 Å². The van der Waals surface area contributed by atoms with Gasteiger partial charge < -0.3 is 9.64 Å². The first-order valence-electron chi connectivity index (χ1n) is 9.26. The molecule has 150 valence electrons. The third kappa shape index (κ3) is 5.52. The molecular formula is C19H30N4O3S. The molecule has 0 amide bonds. The zero-order chi connectivity index (χ0) is 20.0. The highest BCUT2D eigenvalue weighted by Gasteiger charge is 2.22. The molecule has 1 aromatic heterocycles. The van der Waals surface area contributed by atoms with E-state index in [1.54, 1.807) is 18.0 Å². The van der Waals surface area contributed by atoms with Crippen molar-refractivity contribution in [1.82, 2.24) is 14.7 Å². The van der Waals surface area contributed by atoms with Crippen molar-refractivity contribution in [3.63, 3.8) is 0 Å². The van der Waals surface area contributed by atoms with Crippen molar-refractivity contribution in [2.24, 2.45) is 4.99 Å². The van der Waals surface area contributed by atoms with E-state index >= 15 is 0 Å². The van der Waals surface area contributed by atoms with Gasteiger partial charge in [0.05, 0.1) is 11.9 Å². The first-order chi connectivity index (χ1) is 12.8. The second-order valence-corrected chi connectivity index (χ2v) is 8.69. The largest absolute Gasteiger partial charge is 0.356 e. The van der Waals surface area contributed by atoms with E-state index in [2.05, 4.69) is 23.2 Å². The number of hydrogen-bond acceptors (Lipinski definition) is 5. The molecule has 0 saturated carbocycles. The zero-order valence-electron chi connectivity index (χ0n) is 16.5. The summed E-state index contributed by atoms with van der Waals surface area (Å²) in [5, 5.41) is 4.52. The van der Waals surface area contributed by atoms with Crippen molar-refractivity contribution < 1.29 is 13.2 Å². The van der Waals surface area contributed by atoms with Crippen LogP contribution in [0.15, 0.2) is 30.0 Å². The van der Waals surface area contributed by atoms with Gasteiger partial charge in [0.2, 0.25) is 15.0 Å². The first kappa shape index (κ1) is 21.4. The van der Waals surface area contributed by atoms with Crippen molar-refractivity contribution >= 4 is 21.1 Å². The van der Waals surface area contributed by atoms with Crippen LogP contribution in [-0.4, -0.2) is 54.7 Å². The van der Waals surface area contributed by atoms with Crippen LogP contribution >= 0.6 is 0 Å². The van der Waals surface area contributed by atoms with Gasteiger partial charge >= 0.3 is 0 Å². The molecule has 2 rings (SSSR count). The highest BCUT2D eigenvalue weighted by atomic mass is 32.2. The summed E-state index contributed by atoms with van der Waals surface area (Å²) in [6.07, 6.45) is 9.06. The van der Waals surface area contributed by atoms with Crippen molar-refractivity contribution in [3.8, 4) is 0 Å². The average molecular weight is 395 g/mol. The quantitative estimate of drug-likeness (QED) is 0.525. The number of amidine groups is 1. The highest BCUT2D eigenvalue weighted by Crippen LogP contribution is 2.25. The lowest BCUT2D eigenvalue weighted by Gasteiger charge is -2.24. The SMILES string of the molecule is C=Cc1c(CCN(C)/C(=N\C(=C)CC)S(C)(=O)=O)cnn1C1CCCCO1. The topological polar surface area (TPSA) is 76.8 Å². The summed E-state index contributed by atoms with van der Waals surface area (Å²) in [4.78, 5) is 5.85. The Balaban J connectivity index is 2.15. The minimum Gasteiger partial charge on any atom is -0.356 e. The molecule has 0 aliphatic carbocycles. The van der Waals surface area contributed by atoms with Crippen LogP contribution in [0.25, 0.3) is 6.08 Å². The molecule has 1 fully saturated rings. The minimum atomic E-state index is -3.45. The Morgan fingerprint density at radius 1 is 1.52 bits per heavy atom. The Hall–Kier alpha value is -1.93. The number of ether oxygens (including phenoxy) is 1. The summed E-state index contributed by atoms with van der Waals surface area (Å²) in [7, 11) is -1.72. The van der Waals surface area contributed by atoms with Crippen LogP contribution in [0.4, 0.5) is 0 Å². The van der Waals surface area contributed by atoms with E-state index in [-0.39, 0.29) is 11.4 Å². The molecule has 27 heavy (non-hydrogen) atoms. The van der Waals surface area contributed by atoms with Gasteiger partial charge in [0, 0.05) is 32.2 Å². The fourth-order valence-electron chi connectivity index (χ4n) is 3.02. The lowest BCUT2D eigenvalue weighted by Crippen LogP contribution is -2.34. The zero-order valence-corrected chi connectivity index (χ0v) is 17.3. The second kappa shape index (κ2) is 9.32. The predicted molar refractivity (Wildman–Crippen MR) is 109 cm³/mol. The minimum absolute atomic E-state index is 0.0394. The van der Waals surface area contributed by atoms with Crippen LogP contribution in [-0.2, 0) is 21.0 Å². The monoisotopic (exact) mass is 394 g/mol. The van der Waals surface area contributed by atoms with E-state index in [0.29, 0.717) is 25.1 Å². The first-order valence-corrected chi connectivity index (χ1v) is 11.1. The van der Waals surface area contributed by atoms with Gasteiger partial charge in [-0.15, -0.1) is 0 Å². The van der Waals surface area contributed by atoms with E-state index in [1.165, 1.54) is 6.26 Å². The third-order valence-electron chi connectivity index (χ3n) is 4.57. The van der Waals surface area contributed by atoms with E-state index in [4.69, 9.17) is 4.74 Å². The molecule has 2 heterocycles. The Kier molecular flexibility index (Phi) is 7.38. The van der Waals surface area contributed by atoms with Gasteiger partial charge in [0.25, 0.3) is 0 Å². The van der Waals surface area contributed by atoms with Gasteiger partial charge in [-0.2, -0.15) is 5.10 Å². The smallest absolute Gasteiger partial charge is 0.223 e. The number of likely N-dealkylation sites (N-methyl/N-ethyl adjacent to an activating group) is 1. The van der Waals surface area contributed by atoms with Crippen LogP contribution in [0.1, 0.15) is 50.1 Å². The molecule has 0 aromatic carbocycles. The van der Waals surface area contributed by atoms with Gasteiger partial charge in [-0.3, -0.25) is 0 Å². The predicted octanol–water partition coefficient (Wildman–Crippen LogP) is 3.02. The average Bonchev–Trinajstić information content (AvgIpc) is 3.06. The van der Waals surface area contributed by atoms with Gasteiger partial charge in [-0.05, 0) is 43.7 Å². The number of aromatic nitrogens is 2. The van der Waals surface area contributed by atoms with Crippen LogP contribution in [0.5, 0.6) is 0 Å². The second-order valence-electron chi connectivity index (χ2n) is 6.78. The molecule has 8 heteroatoms. The van der Waals surface area contributed by atoms with Crippen molar-refractivity contribution in [2.45, 2.75) is 45.3 Å². The fraction of sp³-hybridized carbons (Fsp3) is 0.579. The van der Waals surface area contributed by atoms with Crippen LogP contribution in [0.3, 0.4) is 0 Å². The molecule has 0 N–H and O–H groups in total. The summed E-state index contributed by atoms with van der Waals surface area (Å²) in [5.74, 6) is 0. The molecule has 1 aliphatic heterocycles. The number of rotatable bonds is 7. The normalized spacial score (nSPS) is 18.3. The maximum absolute atomic E-state index is 12.1. The number of sulfone groups is 1. The van der Waals surface area contributed by atoms with Crippen molar-refractivity contribution in [1.29, 1.82) is 0 Å². The van der Waals surface area contributed by atoms with E-state index < -0.39 is 9.84 Å². The number of allylic oxidation sites excluding steroid dienone is 1. The number of aliphatic imine (C=N–C) groups is 1. The molecule has 0 radical (unpaired) electrons. The van der Waals surface area contributed by atoms with Crippen molar-refractivity contribution in [3.05, 3.63) is 36.3 Å². The van der Waals surface area contributed by atoms with Gasteiger partial charge in [0.1, 0.15) is 0 Å². The molecule has 7 nitrogen and oxygen atoms in total. The molecular weight excluding hydrogens is 364 g/mol. The standard InChI is InChI=1S/C19H30N4O3S/c1-6-15(3)21-19(27(5,24)25)22(4)12-11-16-14-20-23(17(16)7-2)18-10-8-9-13-26-18/h7,14,18H,2-3,6,8-13H2,1,4-5H3/b21-19+. The van der Waals surface area contributed by atoms with Gasteiger partial charge in [0.15, 0.2) is 6.23 Å². The molecule has 1 atom stereocenters. The van der Waals surface area contributed by atoms with Crippen molar-refractivity contribution in [2.75, 3.05) is 26.5 Å². The Morgan fingerprint density at radius 2 is 2.26 bits per heavy atom. The van der Waals surface area contributed by atoms with E-state index in [0.717, 1.165) is 37.1 Å². The van der Waals surface area contributed by atoms with Crippen LogP contribution in [0, 0.1) is 0 Å². The number of hydrogen-bond donors (Lipinski definition) is 0. The summed E-state index contributed by atoms with van der Waals surface area (Å²) in [6.45, 7) is 10.8. The van der Waals surface area contributed by atoms with E-state index in [9.17, 15) is 8.42 Å². The Bertz CT molecular complexity index is 805. The molecule has 0 spiro atoms. The van der Waals surface area contributed by atoms with Gasteiger partial charge in [-0.1, -0.05) is 20.1 Å². The van der Waals surface area contributed by atoms with Crippen LogP contribution < -0.4 is 0 Å². The summed E-state index contributed by atoms with van der Waals surface area (Å²) < 4.78 is 31.9. The Labute approximate surface area is 162 Å². The lowest BCUT2D eigenvalue weighted by atomic mass is 10.1. The highest BCUT2D eigenvalue weighted by molar-refractivity contribution is 8.05. The molecule has 1 saturated heterocycles. The molecule has 1 aliphatic rings. The molecule has 1 unspecified atom stereocenters. The lowest BCUT2D eigenvalue weighted by molar-refractivity contribution is -0.0398. The molecule has 0 bridgehead atoms. The fourth-order valence-corrected chi connectivity index (χ4v) is 3.97. The summed E-state index contributed by atoms with van der Waals surface area (Å²) in [6, 6.07) is 0. The summed E-state index contributed by atoms with van der Waals surface area (Å²) >= 11 is 0. The maximum Gasteiger partial charge on any atom is 0.223 e.